The lowest BCUT2D eigenvalue weighted by Crippen LogP contribution is -2.20. The standard InChI is InChI=1S/C27H19NO3/c29-25(23-17-28-24-16-7-6-14-21(23)24)26(19-10-2-1-3-11-19)31-27(30)22-15-8-12-18-9-4-5-13-20(18)22/h1-17,26,28H/t26-/m0/s1. The minimum absolute atomic E-state index is 0.266. The number of ketones is 1. The second kappa shape index (κ2) is 7.92. The van der Waals surface area contributed by atoms with Gasteiger partial charge in [0.15, 0.2) is 6.10 Å². The number of benzene rings is 4. The molecule has 1 heterocycles. The first-order chi connectivity index (χ1) is 15.2. The van der Waals surface area contributed by atoms with Crippen LogP contribution in [0, 0.1) is 0 Å². The minimum Gasteiger partial charge on any atom is -0.445 e. The SMILES string of the molecule is O=C(O[C@H](C(=O)c1c[nH]c2ccccc12)c1ccccc1)c1cccc2ccccc12. The number of ether oxygens (including phenoxy) is 1. The fraction of sp³-hybridized carbons (Fsp3) is 0.0370. The van der Waals surface area contributed by atoms with E-state index >= 15 is 0 Å². The molecule has 0 saturated heterocycles. The van der Waals surface area contributed by atoms with Crippen molar-refractivity contribution in [3.05, 3.63) is 120 Å². The third-order valence-electron chi connectivity index (χ3n) is 5.43. The highest BCUT2D eigenvalue weighted by Crippen LogP contribution is 2.29. The highest BCUT2D eigenvalue weighted by molar-refractivity contribution is 6.12. The van der Waals surface area contributed by atoms with Gasteiger partial charge >= 0.3 is 5.97 Å². The Labute approximate surface area is 179 Å². The Bertz CT molecular complexity index is 1400. The van der Waals surface area contributed by atoms with Crippen LogP contribution in [-0.4, -0.2) is 16.7 Å². The number of hydrogen-bond acceptors (Lipinski definition) is 3. The highest BCUT2D eigenvalue weighted by Gasteiger charge is 2.29. The molecule has 0 fully saturated rings. The number of carbonyl (C=O) groups excluding carboxylic acids is 2. The van der Waals surface area contributed by atoms with Crippen molar-refractivity contribution < 1.29 is 14.3 Å². The monoisotopic (exact) mass is 405 g/mol. The summed E-state index contributed by atoms with van der Waals surface area (Å²) in [7, 11) is 0. The van der Waals surface area contributed by atoms with Crippen LogP contribution in [0.25, 0.3) is 21.7 Å². The van der Waals surface area contributed by atoms with Gasteiger partial charge in [-0.25, -0.2) is 4.79 Å². The van der Waals surface area contributed by atoms with E-state index in [2.05, 4.69) is 4.98 Å². The van der Waals surface area contributed by atoms with Gasteiger partial charge in [0.05, 0.1) is 5.56 Å². The molecule has 0 saturated carbocycles. The number of aromatic nitrogens is 1. The van der Waals surface area contributed by atoms with E-state index in [-0.39, 0.29) is 5.78 Å². The molecule has 0 unspecified atom stereocenters. The van der Waals surface area contributed by atoms with Crippen LogP contribution in [0.2, 0.25) is 0 Å². The molecule has 0 aliphatic heterocycles. The largest absolute Gasteiger partial charge is 0.445 e. The van der Waals surface area contributed by atoms with Crippen LogP contribution in [0.4, 0.5) is 0 Å². The van der Waals surface area contributed by atoms with Crippen LogP contribution in [0.5, 0.6) is 0 Å². The normalized spacial score (nSPS) is 12.0. The molecule has 4 heteroatoms. The zero-order valence-corrected chi connectivity index (χ0v) is 16.6. The number of rotatable bonds is 5. The van der Waals surface area contributed by atoms with Crippen molar-refractivity contribution in [2.75, 3.05) is 0 Å². The lowest BCUT2D eigenvalue weighted by molar-refractivity contribution is 0.0282. The third-order valence-corrected chi connectivity index (χ3v) is 5.43. The van der Waals surface area contributed by atoms with Gasteiger partial charge in [-0.15, -0.1) is 0 Å². The molecule has 0 aliphatic rings. The van der Waals surface area contributed by atoms with Crippen molar-refractivity contribution in [2.45, 2.75) is 6.10 Å². The quantitative estimate of drug-likeness (QED) is 0.284. The molecular weight excluding hydrogens is 386 g/mol. The summed E-state index contributed by atoms with van der Waals surface area (Å²) in [5, 5.41) is 2.53. The Morgan fingerprint density at radius 3 is 2.19 bits per heavy atom. The average Bonchev–Trinajstić information content (AvgIpc) is 3.26. The topological polar surface area (TPSA) is 59.2 Å². The lowest BCUT2D eigenvalue weighted by atomic mass is 9.99. The minimum atomic E-state index is -1.05. The highest BCUT2D eigenvalue weighted by atomic mass is 16.5. The number of nitrogens with one attached hydrogen (secondary N) is 1. The van der Waals surface area contributed by atoms with Crippen LogP contribution < -0.4 is 0 Å². The number of carbonyl (C=O) groups is 2. The molecule has 0 amide bonds. The van der Waals surface area contributed by atoms with Crippen molar-refractivity contribution in [3.63, 3.8) is 0 Å². The first-order valence-corrected chi connectivity index (χ1v) is 10.1. The van der Waals surface area contributed by atoms with Gasteiger partial charge in [0.2, 0.25) is 5.78 Å². The molecule has 5 aromatic rings. The first-order valence-electron chi connectivity index (χ1n) is 10.1. The molecule has 4 nitrogen and oxygen atoms in total. The van der Waals surface area contributed by atoms with E-state index in [1.807, 2.05) is 78.9 Å². The molecule has 150 valence electrons. The molecule has 1 aromatic heterocycles. The second-order valence-electron chi connectivity index (χ2n) is 7.33. The second-order valence-corrected chi connectivity index (χ2v) is 7.33. The summed E-state index contributed by atoms with van der Waals surface area (Å²) in [4.78, 5) is 29.9. The molecule has 0 aliphatic carbocycles. The van der Waals surface area contributed by atoms with E-state index in [0.29, 0.717) is 16.7 Å². The fourth-order valence-corrected chi connectivity index (χ4v) is 3.89. The van der Waals surface area contributed by atoms with Crippen LogP contribution >= 0.6 is 0 Å². The van der Waals surface area contributed by atoms with Gasteiger partial charge in [0.1, 0.15) is 0 Å². The maximum atomic E-state index is 13.6. The summed E-state index contributed by atoms with van der Waals surface area (Å²) < 4.78 is 5.86. The summed E-state index contributed by atoms with van der Waals surface area (Å²) >= 11 is 0. The summed E-state index contributed by atoms with van der Waals surface area (Å²) in [5.74, 6) is -0.795. The van der Waals surface area contributed by atoms with Gasteiger partial charge in [-0.1, -0.05) is 84.9 Å². The van der Waals surface area contributed by atoms with Crippen molar-refractivity contribution in [2.24, 2.45) is 0 Å². The smallest absolute Gasteiger partial charge is 0.339 e. The predicted octanol–water partition coefficient (Wildman–Crippen LogP) is 6.10. The Hall–Kier alpha value is -4.18. The summed E-state index contributed by atoms with van der Waals surface area (Å²) in [5.41, 5.74) is 2.42. The van der Waals surface area contributed by atoms with E-state index in [9.17, 15) is 9.59 Å². The number of esters is 1. The zero-order valence-electron chi connectivity index (χ0n) is 16.6. The molecule has 31 heavy (non-hydrogen) atoms. The molecule has 1 atom stereocenters. The van der Waals surface area contributed by atoms with E-state index in [1.54, 1.807) is 24.4 Å². The molecule has 0 radical (unpaired) electrons. The molecule has 1 N–H and O–H groups in total. The average molecular weight is 405 g/mol. The predicted molar refractivity (Wildman–Crippen MR) is 121 cm³/mol. The Balaban J connectivity index is 1.56. The number of H-pyrrole nitrogens is 1. The van der Waals surface area contributed by atoms with Gasteiger partial charge in [0, 0.05) is 28.2 Å². The number of hydrogen-bond donors (Lipinski definition) is 1. The van der Waals surface area contributed by atoms with E-state index < -0.39 is 12.1 Å². The van der Waals surface area contributed by atoms with Gasteiger partial charge < -0.3 is 9.72 Å². The van der Waals surface area contributed by atoms with Crippen molar-refractivity contribution >= 4 is 33.4 Å². The molecule has 0 bridgehead atoms. The van der Waals surface area contributed by atoms with Gasteiger partial charge in [-0.05, 0) is 22.9 Å². The van der Waals surface area contributed by atoms with Crippen LogP contribution in [0.15, 0.2) is 103 Å². The van der Waals surface area contributed by atoms with E-state index in [4.69, 9.17) is 4.74 Å². The third kappa shape index (κ3) is 3.49. The maximum absolute atomic E-state index is 13.6. The Kier molecular flexibility index (Phi) is 4.81. The van der Waals surface area contributed by atoms with Crippen LogP contribution in [-0.2, 0) is 4.74 Å². The fourth-order valence-electron chi connectivity index (χ4n) is 3.89. The van der Waals surface area contributed by atoms with Gasteiger partial charge in [0.25, 0.3) is 0 Å². The van der Waals surface area contributed by atoms with Crippen molar-refractivity contribution in [1.82, 2.24) is 4.98 Å². The Morgan fingerprint density at radius 2 is 1.35 bits per heavy atom. The van der Waals surface area contributed by atoms with E-state index in [0.717, 1.165) is 21.7 Å². The molecule has 5 rings (SSSR count). The first kappa shape index (κ1) is 18.8. The summed E-state index contributed by atoms with van der Waals surface area (Å²) in [6.45, 7) is 0. The van der Waals surface area contributed by atoms with Gasteiger partial charge in [-0.3, -0.25) is 4.79 Å². The van der Waals surface area contributed by atoms with Gasteiger partial charge in [-0.2, -0.15) is 0 Å². The maximum Gasteiger partial charge on any atom is 0.339 e. The molecule has 0 spiro atoms. The molecule has 4 aromatic carbocycles. The van der Waals surface area contributed by atoms with E-state index in [1.165, 1.54) is 0 Å². The number of Topliss-reactive ketones (excluding diaryl/α,β-unsaturated/α-hetero) is 1. The van der Waals surface area contributed by atoms with Crippen LogP contribution in [0.1, 0.15) is 32.4 Å². The summed E-state index contributed by atoms with van der Waals surface area (Å²) in [6.07, 6.45) is 0.626. The summed E-state index contributed by atoms with van der Waals surface area (Å²) in [6, 6.07) is 29.8. The number of fused-ring (bicyclic) bond motifs is 2. The zero-order chi connectivity index (χ0) is 21.2. The number of para-hydroxylation sites is 1. The Morgan fingerprint density at radius 1 is 0.677 bits per heavy atom. The number of aromatic amines is 1. The van der Waals surface area contributed by atoms with Crippen LogP contribution in [0.3, 0.4) is 0 Å². The van der Waals surface area contributed by atoms with Crippen molar-refractivity contribution in [3.8, 4) is 0 Å². The molecular formula is C27H19NO3. The van der Waals surface area contributed by atoms with Crippen molar-refractivity contribution in [1.29, 1.82) is 0 Å². The lowest BCUT2D eigenvalue weighted by Gasteiger charge is -2.18.